The third-order valence-corrected chi connectivity index (χ3v) is 4.99. The zero-order chi connectivity index (χ0) is 18.5. The molecule has 0 N–H and O–H groups in total. The molecule has 0 spiro atoms. The highest BCUT2D eigenvalue weighted by Crippen LogP contribution is 2.46. The predicted octanol–water partition coefficient (Wildman–Crippen LogP) is 2.27. The van der Waals surface area contributed by atoms with Crippen LogP contribution in [-0.2, 0) is 15.0 Å². The minimum Gasteiger partial charge on any atom is -0.347 e. The van der Waals surface area contributed by atoms with Gasteiger partial charge in [0.2, 0.25) is 0 Å². The van der Waals surface area contributed by atoms with E-state index in [1.165, 1.54) is 25.7 Å². The van der Waals surface area contributed by atoms with Gasteiger partial charge in [0.25, 0.3) is 11.8 Å². The van der Waals surface area contributed by atoms with Crippen LogP contribution in [0, 0.1) is 0 Å². The summed E-state index contributed by atoms with van der Waals surface area (Å²) in [5, 5.41) is 0. The van der Waals surface area contributed by atoms with E-state index in [0.29, 0.717) is 0 Å². The standard InChI is InChI=1S/C19H21N3O3/c1-19(2)13-8-6-7-9-14(13)20(3)15(19)11-10-12-16(23)21(4)18(25)22(5)17(12)24/h6-11H,1-5H3/b15-11+. The second-order valence-electron chi connectivity index (χ2n) is 6.84. The van der Waals surface area contributed by atoms with Gasteiger partial charge in [0.15, 0.2) is 0 Å². The molecule has 1 saturated heterocycles. The Morgan fingerprint density at radius 3 is 1.96 bits per heavy atom. The van der Waals surface area contributed by atoms with Crippen LogP contribution in [0.2, 0.25) is 0 Å². The lowest BCUT2D eigenvalue weighted by Crippen LogP contribution is -2.53. The maximum atomic E-state index is 12.3. The molecule has 0 radical (unpaired) electrons. The van der Waals surface area contributed by atoms with Crippen molar-refractivity contribution in [1.29, 1.82) is 0 Å². The van der Waals surface area contributed by atoms with Crippen molar-refractivity contribution < 1.29 is 14.4 Å². The fourth-order valence-electron chi connectivity index (χ4n) is 3.46. The summed E-state index contributed by atoms with van der Waals surface area (Å²) in [6.07, 6.45) is 3.31. The normalized spacial score (nSPS) is 21.3. The second-order valence-corrected chi connectivity index (χ2v) is 6.84. The first-order chi connectivity index (χ1) is 11.7. The smallest absolute Gasteiger partial charge is 0.333 e. The first-order valence-corrected chi connectivity index (χ1v) is 8.03. The Morgan fingerprint density at radius 1 is 0.840 bits per heavy atom. The van der Waals surface area contributed by atoms with Crippen molar-refractivity contribution in [2.24, 2.45) is 0 Å². The lowest BCUT2D eigenvalue weighted by atomic mass is 9.83. The maximum absolute atomic E-state index is 12.3. The first-order valence-electron chi connectivity index (χ1n) is 8.03. The van der Waals surface area contributed by atoms with Gasteiger partial charge in [-0.05, 0) is 23.8 Å². The van der Waals surface area contributed by atoms with Gasteiger partial charge >= 0.3 is 6.03 Å². The highest BCUT2D eigenvalue weighted by atomic mass is 16.2. The number of anilines is 1. The quantitative estimate of drug-likeness (QED) is 0.582. The number of rotatable bonds is 1. The second kappa shape index (κ2) is 5.58. The van der Waals surface area contributed by atoms with E-state index in [1.807, 2.05) is 25.2 Å². The molecule has 2 aliphatic heterocycles. The number of likely N-dealkylation sites (N-methyl/N-ethyl adjacent to an activating group) is 3. The number of hydrogen-bond acceptors (Lipinski definition) is 4. The van der Waals surface area contributed by atoms with Gasteiger partial charge in [0.05, 0.1) is 0 Å². The van der Waals surface area contributed by atoms with Gasteiger partial charge in [-0.15, -0.1) is 0 Å². The Hall–Kier alpha value is -2.89. The zero-order valence-corrected chi connectivity index (χ0v) is 15.0. The lowest BCUT2D eigenvalue weighted by Gasteiger charge is -2.29. The molecular weight excluding hydrogens is 318 g/mol. The van der Waals surface area contributed by atoms with Gasteiger partial charge in [0.1, 0.15) is 5.57 Å². The molecular formula is C19H21N3O3. The van der Waals surface area contributed by atoms with Crippen molar-refractivity contribution in [2.75, 3.05) is 26.0 Å². The Labute approximate surface area is 147 Å². The number of carbonyl (C=O) groups is 3. The molecule has 1 fully saturated rings. The molecule has 0 unspecified atom stereocenters. The lowest BCUT2D eigenvalue weighted by molar-refractivity contribution is -0.134. The number of barbiturate groups is 1. The van der Waals surface area contributed by atoms with Crippen LogP contribution in [0.3, 0.4) is 0 Å². The molecule has 2 heterocycles. The van der Waals surface area contributed by atoms with E-state index >= 15 is 0 Å². The summed E-state index contributed by atoms with van der Waals surface area (Å²) in [7, 11) is 4.70. The summed E-state index contributed by atoms with van der Waals surface area (Å²) in [6.45, 7) is 4.21. The minimum absolute atomic E-state index is 0.0164. The van der Waals surface area contributed by atoms with E-state index < -0.39 is 17.8 Å². The Bertz CT molecular complexity index is 825. The molecule has 4 amide bonds. The fourth-order valence-corrected chi connectivity index (χ4v) is 3.46. The van der Waals surface area contributed by atoms with Crippen molar-refractivity contribution in [2.45, 2.75) is 19.3 Å². The minimum atomic E-state index is -0.620. The molecule has 130 valence electrons. The molecule has 0 bridgehead atoms. The van der Waals surface area contributed by atoms with Gasteiger partial charge in [-0.1, -0.05) is 32.0 Å². The number of amides is 4. The van der Waals surface area contributed by atoms with E-state index in [9.17, 15) is 14.4 Å². The summed E-state index contributed by atoms with van der Waals surface area (Å²) in [6, 6.07) is 7.49. The number of para-hydroxylation sites is 1. The van der Waals surface area contributed by atoms with Crippen molar-refractivity contribution in [1.82, 2.24) is 9.80 Å². The Morgan fingerprint density at radius 2 is 1.40 bits per heavy atom. The van der Waals surface area contributed by atoms with Crippen LogP contribution < -0.4 is 4.90 Å². The Kier molecular flexibility index (Phi) is 3.78. The molecule has 2 aliphatic rings. The van der Waals surface area contributed by atoms with E-state index in [-0.39, 0.29) is 11.0 Å². The third kappa shape index (κ3) is 2.36. The summed E-state index contributed by atoms with van der Waals surface area (Å²) in [5.41, 5.74) is 2.99. The van der Waals surface area contributed by atoms with Crippen LogP contribution in [-0.4, -0.2) is 48.8 Å². The van der Waals surface area contributed by atoms with Crippen molar-refractivity contribution in [3.05, 3.63) is 53.3 Å². The van der Waals surface area contributed by atoms with E-state index in [4.69, 9.17) is 0 Å². The molecule has 0 atom stereocenters. The average molecular weight is 339 g/mol. The highest BCUT2D eigenvalue weighted by Gasteiger charge is 2.39. The third-order valence-electron chi connectivity index (χ3n) is 4.99. The van der Waals surface area contributed by atoms with Gasteiger partial charge in [-0.25, -0.2) is 4.79 Å². The zero-order valence-electron chi connectivity index (χ0n) is 15.0. The predicted molar refractivity (Wildman–Crippen MR) is 95.0 cm³/mol. The highest BCUT2D eigenvalue weighted by molar-refractivity contribution is 6.28. The van der Waals surface area contributed by atoms with Crippen molar-refractivity contribution in [3.63, 3.8) is 0 Å². The summed E-state index contributed by atoms with van der Waals surface area (Å²) < 4.78 is 0. The number of imide groups is 2. The van der Waals surface area contributed by atoms with Crippen LogP contribution >= 0.6 is 0 Å². The molecule has 6 heteroatoms. The van der Waals surface area contributed by atoms with Crippen LogP contribution in [0.25, 0.3) is 0 Å². The van der Waals surface area contributed by atoms with Crippen LogP contribution in [0.15, 0.2) is 47.7 Å². The number of benzene rings is 1. The average Bonchev–Trinajstić information content (AvgIpc) is 2.79. The van der Waals surface area contributed by atoms with Crippen LogP contribution in [0.4, 0.5) is 10.5 Å². The number of carbonyl (C=O) groups excluding carboxylic acids is 3. The van der Waals surface area contributed by atoms with Gasteiger partial charge in [0, 0.05) is 37.9 Å². The number of allylic oxidation sites excluding steroid dienone is 3. The number of hydrogen-bond donors (Lipinski definition) is 0. The summed E-state index contributed by atoms with van der Waals surface area (Å²) in [5.74, 6) is -1.16. The maximum Gasteiger partial charge on any atom is 0.333 e. The number of urea groups is 1. The van der Waals surface area contributed by atoms with Crippen molar-refractivity contribution in [3.8, 4) is 0 Å². The van der Waals surface area contributed by atoms with Gasteiger partial charge in [-0.3, -0.25) is 19.4 Å². The van der Waals surface area contributed by atoms with E-state index in [1.54, 1.807) is 6.08 Å². The van der Waals surface area contributed by atoms with Crippen LogP contribution in [0.1, 0.15) is 19.4 Å². The number of nitrogens with zero attached hydrogens (tertiary/aromatic N) is 3. The van der Waals surface area contributed by atoms with E-state index in [0.717, 1.165) is 21.2 Å². The SMILES string of the molecule is CN1C(=O)C(=C/C=C2/N(C)c3ccccc3C2(C)C)C(=O)N(C)C1=O. The monoisotopic (exact) mass is 339 g/mol. The van der Waals surface area contributed by atoms with Crippen LogP contribution in [0.5, 0.6) is 0 Å². The fraction of sp³-hybridized carbons (Fsp3) is 0.316. The molecule has 0 saturated carbocycles. The van der Waals surface area contributed by atoms with Gasteiger partial charge in [-0.2, -0.15) is 0 Å². The summed E-state index contributed by atoms with van der Waals surface area (Å²) >= 11 is 0. The molecule has 0 aromatic heterocycles. The topological polar surface area (TPSA) is 60.9 Å². The summed E-state index contributed by atoms with van der Waals surface area (Å²) in [4.78, 5) is 40.4. The molecule has 1 aromatic carbocycles. The molecule has 6 nitrogen and oxygen atoms in total. The van der Waals surface area contributed by atoms with Crippen molar-refractivity contribution >= 4 is 23.5 Å². The molecule has 25 heavy (non-hydrogen) atoms. The Balaban J connectivity index is 2.04. The van der Waals surface area contributed by atoms with E-state index in [2.05, 4.69) is 24.8 Å². The molecule has 0 aliphatic carbocycles. The number of fused-ring (bicyclic) bond motifs is 1. The van der Waals surface area contributed by atoms with Gasteiger partial charge < -0.3 is 4.90 Å². The molecule has 3 rings (SSSR count). The molecule has 1 aromatic rings. The largest absolute Gasteiger partial charge is 0.347 e. The first kappa shape index (κ1) is 17.0.